The molecule has 0 aromatic heterocycles. The molecular weight excluding hydrogens is 144 g/mol. The standard InChI is InChI=1S/C9H17Cl/c1-3-6-9(2)7-4-5-8-10/h4,7,9H,3,5-6,8H2,1-2H3/b7-4+. The molecule has 0 nitrogen and oxygen atoms in total. The first-order valence-electron chi connectivity index (χ1n) is 4.03. The van der Waals surface area contributed by atoms with Gasteiger partial charge < -0.3 is 0 Å². The summed E-state index contributed by atoms with van der Waals surface area (Å²) in [6.45, 7) is 4.46. The first-order chi connectivity index (χ1) is 4.81. The van der Waals surface area contributed by atoms with Gasteiger partial charge in [0, 0.05) is 5.88 Å². The highest BCUT2D eigenvalue weighted by atomic mass is 35.5. The summed E-state index contributed by atoms with van der Waals surface area (Å²) in [5.74, 6) is 1.48. The molecule has 0 spiro atoms. The Balaban J connectivity index is 3.26. The quantitative estimate of drug-likeness (QED) is 0.426. The fraction of sp³-hybridized carbons (Fsp3) is 0.778. The van der Waals surface area contributed by atoms with E-state index < -0.39 is 0 Å². The van der Waals surface area contributed by atoms with Crippen LogP contribution in [0.25, 0.3) is 0 Å². The summed E-state index contributed by atoms with van der Waals surface area (Å²) in [5.41, 5.74) is 0. The van der Waals surface area contributed by atoms with E-state index in [0.717, 1.165) is 18.2 Å². The average Bonchev–Trinajstić information content (AvgIpc) is 1.89. The summed E-state index contributed by atoms with van der Waals surface area (Å²) < 4.78 is 0. The topological polar surface area (TPSA) is 0 Å². The van der Waals surface area contributed by atoms with Gasteiger partial charge in [-0.25, -0.2) is 0 Å². The van der Waals surface area contributed by atoms with E-state index in [1.165, 1.54) is 12.8 Å². The lowest BCUT2D eigenvalue weighted by Gasteiger charge is -2.00. The smallest absolute Gasteiger partial charge is 0.0258 e. The van der Waals surface area contributed by atoms with Gasteiger partial charge in [-0.1, -0.05) is 32.4 Å². The van der Waals surface area contributed by atoms with E-state index in [2.05, 4.69) is 26.0 Å². The molecule has 0 aromatic carbocycles. The molecule has 0 radical (unpaired) electrons. The van der Waals surface area contributed by atoms with Gasteiger partial charge in [0.15, 0.2) is 0 Å². The molecule has 0 aliphatic rings. The number of halogens is 1. The van der Waals surface area contributed by atoms with Crippen molar-refractivity contribution in [1.82, 2.24) is 0 Å². The van der Waals surface area contributed by atoms with Crippen molar-refractivity contribution in [3.8, 4) is 0 Å². The minimum Gasteiger partial charge on any atom is -0.126 e. The summed E-state index contributed by atoms with van der Waals surface area (Å²) >= 11 is 5.51. The van der Waals surface area contributed by atoms with Crippen LogP contribution in [0.4, 0.5) is 0 Å². The zero-order valence-corrected chi connectivity index (χ0v) is 7.69. The molecule has 1 heteroatoms. The number of hydrogen-bond donors (Lipinski definition) is 0. The Kier molecular flexibility index (Phi) is 7.16. The van der Waals surface area contributed by atoms with Crippen LogP contribution in [0.3, 0.4) is 0 Å². The Hall–Kier alpha value is 0.0300. The Labute approximate surface area is 69.3 Å². The van der Waals surface area contributed by atoms with Gasteiger partial charge in [-0.3, -0.25) is 0 Å². The van der Waals surface area contributed by atoms with Gasteiger partial charge in [0.2, 0.25) is 0 Å². The van der Waals surface area contributed by atoms with Gasteiger partial charge in [-0.15, -0.1) is 11.6 Å². The van der Waals surface area contributed by atoms with Crippen molar-refractivity contribution in [2.45, 2.75) is 33.1 Å². The average molecular weight is 161 g/mol. The van der Waals surface area contributed by atoms with Crippen LogP contribution in [0, 0.1) is 5.92 Å². The van der Waals surface area contributed by atoms with Crippen molar-refractivity contribution in [1.29, 1.82) is 0 Å². The second-order valence-electron chi connectivity index (χ2n) is 2.67. The predicted molar refractivity (Wildman–Crippen MR) is 48.5 cm³/mol. The van der Waals surface area contributed by atoms with E-state index in [9.17, 15) is 0 Å². The third-order valence-corrected chi connectivity index (χ3v) is 1.70. The Morgan fingerprint density at radius 3 is 2.70 bits per heavy atom. The summed E-state index contributed by atoms with van der Waals surface area (Å²) in [4.78, 5) is 0. The molecular formula is C9H17Cl. The maximum Gasteiger partial charge on any atom is 0.0258 e. The molecule has 0 heterocycles. The molecule has 0 aliphatic carbocycles. The summed E-state index contributed by atoms with van der Waals surface area (Å²) in [6.07, 6.45) is 8.00. The normalized spacial score (nSPS) is 14.3. The molecule has 1 atom stereocenters. The highest BCUT2D eigenvalue weighted by molar-refractivity contribution is 6.17. The molecule has 0 aromatic rings. The number of hydrogen-bond acceptors (Lipinski definition) is 0. The van der Waals surface area contributed by atoms with Gasteiger partial charge in [0.05, 0.1) is 0 Å². The lowest BCUT2D eigenvalue weighted by atomic mass is 10.1. The molecule has 60 valence electrons. The lowest BCUT2D eigenvalue weighted by molar-refractivity contribution is 0.632. The van der Waals surface area contributed by atoms with Crippen molar-refractivity contribution in [3.05, 3.63) is 12.2 Å². The van der Waals surface area contributed by atoms with E-state index >= 15 is 0 Å². The maximum absolute atomic E-state index is 5.51. The van der Waals surface area contributed by atoms with Crippen molar-refractivity contribution >= 4 is 11.6 Å². The highest BCUT2D eigenvalue weighted by Crippen LogP contribution is 2.06. The van der Waals surface area contributed by atoms with Crippen molar-refractivity contribution < 1.29 is 0 Å². The highest BCUT2D eigenvalue weighted by Gasteiger charge is 1.91. The summed E-state index contributed by atoms with van der Waals surface area (Å²) in [5, 5.41) is 0. The second kappa shape index (κ2) is 7.14. The van der Waals surface area contributed by atoms with Gasteiger partial charge in [0.1, 0.15) is 0 Å². The molecule has 0 bridgehead atoms. The van der Waals surface area contributed by atoms with Gasteiger partial charge in [-0.2, -0.15) is 0 Å². The second-order valence-corrected chi connectivity index (χ2v) is 3.05. The van der Waals surface area contributed by atoms with E-state index in [-0.39, 0.29) is 0 Å². The fourth-order valence-corrected chi connectivity index (χ4v) is 1.07. The van der Waals surface area contributed by atoms with E-state index in [1.807, 2.05) is 0 Å². The summed E-state index contributed by atoms with van der Waals surface area (Å²) in [7, 11) is 0. The van der Waals surface area contributed by atoms with E-state index in [0.29, 0.717) is 0 Å². The summed E-state index contributed by atoms with van der Waals surface area (Å²) in [6, 6.07) is 0. The molecule has 10 heavy (non-hydrogen) atoms. The Morgan fingerprint density at radius 1 is 1.50 bits per heavy atom. The largest absolute Gasteiger partial charge is 0.126 e. The SMILES string of the molecule is CCCC(C)/C=C/CCCl. The Morgan fingerprint density at radius 2 is 2.20 bits per heavy atom. The fourth-order valence-electron chi connectivity index (χ4n) is 0.943. The first kappa shape index (κ1) is 10.0. The lowest BCUT2D eigenvalue weighted by Crippen LogP contribution is -1.86. The number of alkyl halides is 1. The maximum atomic E-state index is 5.51. The van der Waals surface area contributed by atoms with Gasteiger partial charge in [-0.05, 0) is 18.8 Å². The van der Waals surface area contributed by atoms with Crippen LogP contribution in [0.5, 0.6) is 0 Å². The molecule has 0 N–H and O–H groups in total. The predicted octanol–water partition coefficient (Wildman–Crippen LogP) is 3.61. The third-order valence-electron chi connectivity index (χ3n) is 1.48. The molecule has 0 rings (SSSR count). The number of allylic oxidation sites excluding steroid dienone is 2. The van der Waals surface area contributed by atoms with E-state index in [1.54, 1.807) is 0 Å². The zero-order chi connectivity index (χ0) is 7.82. The minimum absolute atomic E-state index is 0.730. The van der Waals surface area contributed by atoms with Crippen LogP contribution in [0.15, 0.2) is 12.2 Å². The molecule has 0 fully saturated rings. The van der Waals surface area contributed by atoms with Crippen LogP contribution in [0.2, 0.25) is 0 Å². The van der Waals surface area contributed by atoms with Gasteiger partial charge in [0.25, 0.3) is 0 Å². The van der Waals surface area contributed by atoms with Crippen LogP contribution in [0.1, 0.15) is 33.1 Å². The van der Waals surface area contributed by atoms with Crippen molar-refractivity contribution in [3.63, 3.8) is 0 Å². The molecule has 0 saturated carbocycles. The van der Waals surface area contributed by atoms with E-state index in [4.69, 9.17) is 11.6 Å². The monoisotopic (exact) mass is 160 g/mol. The molecule has 0 aliphatic heterocycles. The molecule has 0 saturated heterocycles. The van der Waals surface area contributed by atoms with Gasteiger partial charge >= 0.3 is 0 Å². The third kappa shape index (κ3) is 6.15. The number of rotatable bonds is 5. The molecule has 1 unspecified atom stereocenters. The van der Waals surface area contributed by atoms with Crippen LogP contribution in [-0.4, -0.2) is 5.88 Å². The van der Waals surface area contributed by atoms with Crippen LogP contribution >= 0.6 is 11.6 Å². The Bertz CT molecular complexity index is 86.7. The van der Waals surface area contributed by atoms with Crippen molar-refractivity contribution in [2.75, 3.05) is 5.88 Å². The first-order valence-corrected chi connectivity index (χ1v) is 4.57. The molecule has 0 amide bonds. The minimum atomic E-state index is 0.730. The van der Waals surface area contributed by atoms with Crippen LogP contribution < -0.4 is 0 Å². The zero-order valence-electron chi connectivity index (χ0n) is 6.94. The van der Waals surface area contributed by atoms with Crippen molar-refractivity contribution in [2.24, 2.45) is 5.92 Å². The van der Waals surface area contributed by atoms with Crippen LogP contribution in [-0.2, 0) is 0 Å².